The van der Waals surface area contributed by atoms with Crippen molar-refractivity contribution < 1.29 is 14.3 Å². The number of methoxy groups -OCH3 is 1. The Morgan fingerprint density at radius 2 is 1.68 bits per heavy atom. The van der Waals surface area contributed by atoms with Gasteiger partial charge in [0, 0.05) is 0 Å². The number of nitrogens with one attached hydrogen (secondary N) is 1. The van der Waals surface area contributed by atoms with Gasteiger partial charge in [0.15, 0.2) is 0 Å². The maximum atomic E-state index is 13.5. The molecule has 1 N–H and O–H groups in total. The summed E-state index contributed by atoms with van der Waals surface area (Å²) in [6.45, 7) is 6.03. The molecule has 4 saturated carbocycles. The molecule has 5 rings (SSSR count). The van der Waals surface area contributed by atoms with Gasteiger partial charge in [-0.1, -0.05) is 43.7 Å². The fraction of sp³-hybridized carbons (Fsp3) is 0.667. The van der Waals surface area contributed by atoms with Gasteiger partial charge in [-0.2, -0.15) is 0 Å². The molecule has 0 aromatic heterocycles. The Bertz CT molecular complexity index is 753. The van der Waals surface area contributed by atoms with Crippen molar-refractivity contribution in [3.63, 3.8) is 0 Å². The summed E-state index contributed by atoms with van der Waals surface area (Å²) in [7, 11) is 1.39. The van der Waals surface area contributed by atoms with E-state index in [0.717, 1.165) is 19.3 Å². The van der Waals surface area contributed by atoms with E-state index in [1.807, 2.05) is 13.8 Å². The maximum absolute atomic E-state index is 13.5. The quantitative estimate of drug-likeness (QED) is 0.777. The molecule has 28 heavy (non-hydrogen) atoms. The van der Waals surface area contributed by atoms with Crippen LogP contribution in [0.25, 0.3) is 0 Å². The van der Waals surface area contributed by atoms with Gasteiger partial charge in [-0.15, -0.1) is 0 Å². The number of amides is 1. The first kappa shape index (κ1) is 19.5. The molecule has 2 unspecified atom stereocenters. The molecule has 4 heteroatoms. The summed E-state index contributed by atoms with van der Waals surface area (Å²) >= 11 is 0. The van der Waals surface area contributed by atoms with E-state index in [0.29, 0.717) is 11.8 Å². The molecule has 4 bridgehead atoms. The van der Waals surface area contributed by atoms with Crippen LogP contribution < -0.4 is 5.32 Å². The normalized spacial score (nSPS) is 34.3. The lowest BCUT2D eigenvalue weighted by atomic mass is 9.42. The molecular formula is C24H33NO3. The lowest BCUT2D eigenvalue weighted by molar-refractivity contribution is -0.155. The molecule has 4 nitrogen and oxygen atoms in total. The SMILES string of the molecule is COC(=O)[C@@H](NC(=O)C12CC3CC(C1)CC(c1ccc(C)cc1)(C3)C2)C(C)C. The van der Waals surface area contributed by atoms with Crippen LogP contribution in [0.1, 0.15) is 63.5 Å². The zero-order valence-corrected chi connectivity index (χ0v) is 17.6. The molecule has 3 atom stereocenters. The number of hydrogen-bond acceptors (Lipinski definition) is 3. The minimum Gasteiger partial charge on any atom is -0.467 e. The maximum Gasteiger partial charge on any atom is 0.328 e. The first-order valence-electron chi connectivity index (χ1n) is 10.7. The predicted octanol–water partition coefficient (Wildman–Crippen LogP) is 4.15. The summed E-state index contributed by atoms with van der Waals surface area (Å²) in [6.07, 6.45) is 6.50. The number of carbonyl (C=O) groups is 2. The topological polar surface area (TPSA) is 55.4 Å². The Balaban J connectivity index is 1.63. The van der Waals surface area contributed by atoms with Gasteiger partial charge in [0.2, 0.25) is 5.91 Å². The zero-order chi connectivity index (χ0) is 20.1. The van der Waals surface area contributed by atoms with Crippen LogP contribution in [0.5, 0.6) is 0 Å². The number of carbonyl (C=O) groups excluding carboxylic acids is 2. The summed E-state index contributed by atoms with van der Waals surface area (Å²) in [6, 6.07) is 8.39. The van der Waals surface area contributed by atoms with Crippen LogP contribution in [0.2, 0.25) is 0 Å². The van der Waals surface area contributed by atoms with E-state index in [-0.39, 0.29) is 28.6 Å². The van der Waals surface area contributed by atoms with E-state index in [1.165, 1.54) is 37.5 Å². The highest BCUT2D eigenvalue weighted by atomic mass is 16.5. The Hall–Kier alpha value is -1.84. The van der Waals surface area contributed by atoms with Crippen LogP contribution in [-0.2, 0) is 19.7 Å². The highest BCUT2D eigenvalue weighted by molar-refractivity contribution is 5.88. The molecule has 0 heterocycles. The average Bonchev–Trinajstić information content (AvgIpc) is 2.64. The molecule has 0 spiro atoms. The smallest absolute Gasteiger partial charge is 0.328 e. The zero-order valence-electron chi connectivity index (χ0n) is 17.6. The van der Waals surface area contributed by atoms with Gasteiger partial charge in [-0.3, -0.25) is 4.79 Å². The van der Waals surface area contributed by atoms with Gasteiger partial charge in [0.05, 0.1) is 12.5 Å². The molecular weight excluding hydrogens is 350 g/mol. The van der Waals surface area contributed by atoms with Crippen molar-refractivity contribution in [2.75, 3.05) is 7.11 Å². The number of aryl methyl sites for hydroxylation is 1. The van der Waals surface area contributed by atoms with Gasteiger partial charge in [-0.05, 0) is 74.2 Å². The Labute approximate surface area is 168 Å². The minimum absolute atomic E-state index is 0.0105. The van der Waals surface area contributed by atoms with Crippen molar-refractivity contribution in [1.29, 1.82) is 0 Å². The van der Waals surface area contributed by atoms with Gasteiger partial charge >= 0.3 is 5.97 Å². The summed E-state index contributed by atoms with van der Waals surface area (Å²) in [5, 5.41) is 3.09. The fourth-order valence-corrected chi connectivity index (χ4v) is 6.69. The third kappa shape index (κ3) is 3.15. The van der Waals surface area contributed by atoms with Crippen LogP contribution in [0, 0.1) is 30.1 Å². The van der Waals surface area contributed by atoms with Crippen molar-refractivity contribution in [3.05, 3.63) is 35.4 Å². The van der Waals surface area contributed by atoms with Gasteiger partial charge < -0.3 is 10.1 Å². The molecule has 4 aliphatic rings. The molecule has 152 valence electrons. The van der Waals surface area contributed by atoms with Crippen molar-refractivity contribution in [2.24, 2.45) is 23.2 Å². The number of benzene rings is 1. The van der Waals surface area contributed by atoms with Crippen molar-refractivity contribution in [2.45, 2.75) is 70.8 Å². The number of hydrogen-bond donors (Lipinski definition) is 1. The largest absolute Gasteiger partial charge is 0.467 e. The van der Waals surface area contributed by atoms with Crippen LogP contribution >= 0.6 is 0 Å². The first-order valence-corrected chi connectivity index (χ1v) is 10.7. The molecule has 1 amide bonds. The molecule has 0 radical (unpaired) electrons. The average molecular weight is 384 g/mol. The summed E-state index contributed by atoms with van der Waals surface area (Å²) < 4.78 is 4.94. The van der Waals surface area contributed by atoms with E-state index >= 15 is 0 Å². The van der Waals surface area contributed by atoms with E-state index in [4.69, 9.17) is 4.74 Å². The lowest BCUT2D eigenvalue weighted by Gasteiger charge is -2.61. The molecule has 0 aliphatic heterocycles. The van der Waals surface area contributed by atoms with Crippen LogP contribution in [0.4, 0.5) is 0 Å². The Morgan fingerprint density at radius 1 is 1.07 bits per heavy atom. The second kappa shape index (κ2) is 6.89. The molecule has 4 aliphatic carbocycles. The fourth-order valence-electron chi connectivity index (χ4n) is 6.69. The van der Waals surface area contributed by atoms with Crippen molar-refractivity contribution in [1.82, 2.24) is 5.32 Å². The van der Waals surface area contributed by atoms with Crippen LogP contribution in [0.3, 0.4) is 0 Å². The summed E-state index contributed by atoms with van der Waals surface area (Å²) in [4.78, 5) is 25.7. The molecule has 4 fully saturated rings. The van der Waals surface area contributed by atoms with Crippen LogP contribution in [-0.4, -0.2) is 25.0 Å². The molecule has 1 aromatic carbocycles. The van der Waals surface area contributed by atoms with Crippen LogP contribution in [0.15, 0.2) is 24.3 Å². The third-order valence-electron chi connectivity index (χ3n) is 7.62. The minimum atomic E-state index is -0.569. The van der Waals surface area contributed by atoms with Gasteiger partial charge in [0.1, 0.15) is 6.04 Å². The second-order valence-electron chi connectivity index (χ2n) is 10.1. The Kier molecular flexibility index (Phi) is 4.79. The number of ether oxygens (including phenoxy) is 1. The first-order chi connectivity index (χ1) is 13.3. The highest BCUT2D eigenvalue weighted by Crippen LogP contribution is 2.65. The number of rotatable bonds is 5. The molecule has 1 aromatic rings. The Morgan fingerprint density at radius 3 is 2.21 bits per heavy atom. The highest BCUT2D eigenvalue weighted by Gasteiger charge is 2.61. The summed E-state index contributed by atoms with van der Waals surface area (Å²) in [5.41, 5.74) is 2.46. The van der Waals surface area contributed by atoms with Crippen molar-refractivity contribution in [3.8, 4) is 0 Å². The molecule has 0 saturated heterocycles. The van der Waals surface area contributed by atoms with Gasteiger partial charge in [0.25, 0.3) is 0 Å². The van der Waals surface area contributed by atoms with Crippen molar-refractivity contribution >= 4 is 11.9 Å². The second-order valence-corrected chi connectivity index (χ2v) is 10.1. The number of esters is 1. The van der Waals surface area contributed by atoms with E-state index in [1.54, 1.807) is 0 Å². The predicted molar refractivity (Wildman–Crippen MR) is 109 cm³/mol. The third-order valence-corrected chi connectivity index (χ3v) is 7.62. The van der Waals surface area contributed by atoms with E-state index < -0.39 is 6.04 Å². The lowest BCUT2D eigenvalue weighted by Crippen LogP contribution is -2.61. The summed E-state index contributed by atoms with van der Waals surface area (Å²) in [5.74, 6) is 0.966. The van der Waals surface area contributed by atoms with Gasteiger partial charge in [-0.25, -0.2) is 4.79 Å². The van der Waals surface area contributed by atoms with E-state index in [2.05, 4.69) is 36.5 Å². The monoisotopic (exact) mass is 383 g/mol. The standard InChI is InChI=1S/C24H33NO3/c1-15(2)20(21(26)28-4)25-22(27)24-12-17-9-18(13-24)11-23(10-17,14-24)19-7-5-16(3)6-8-19/h5-8,15,17-18,20H,9-14H2,1-4H3,(H,25,27)/t17?,18?,20-,23?,24?/m0/s1. The van der Waals surface area contributed by atoms with E-state index in [9.17, 15) is 9.59 Å².